The van der Waals surface area contributed by atoms with Gasteiger partial charge in [-0.3, -0.25) is 9.59 Å². The number of unbranched alkanes of at least 4 members (excludes halogenated alkanes) is 32. The van der Waals surface area contributed by atoms with E-state index in [1.54, 1.807) is 0 Å². The van der Waals surface area contributed by atoms with E-state index in [-0.39, 0.29) is 25.2 Å². The number of hydrogen-bond donors (Lipinski definition) is 0. The van der Waals surface area contributed by atoms with Crippen LogP contribution in [0.4, 0.5) is 0 Å². The van der Waals surface area contributed by atoms with Crippen LogP contribution in [0.2, 0.25) is 0 Å². The van der Waals surface area contributed by atoms with Crippen molar-refractivity contribution < 1.29 is 23.8 Å². The molecular formula is C61H110O5. The molecule has 5 nitrogen and oxygen atoms in total. The minimum Gasteiger partial charge on any atom is -0.462 e. The highest BCUT2D eigenvalue weighted by Crippen LogP contribution is 2.16. The number of allylic oxidation sites excluding steroid dienone is 10. The molecule has 0 aliphatic heterocycles. The molecule has 0 radical (unpaired) electrons. The van der Waals surface area contributed by atoms with E-state index in [4.69, 9.17) is 14.2 Å². The molecule has 0 aliphatic carbocycles. The lowest BCUT2D eigenvalue weighted by Crippen LogP contribution is -2.30. The maximum absolute atomic E-state index is 12.8. The predicted octanol–water partition coefficient (Wildman–Crippen LogP) is 19.7. The van der Waals surface area contributed by atoms with Crippen molar-refractivity contribution in [2.75, 3.05) is 19.8 Å². The molecule has 0 aromatic heterocycles. The predicted molar refractivity (Wildman–Crippen MR) is 288 cm³/mol. The van der Waals surface area contributed by atoms with E-state index < -0.39 is 6.10 Å². The van der Waals surface area contributed by atoms with Crippen LogP contribution in [0, 0.1) is 0 Å². The number of hydrogen-bond acceptors (Lipinski definition) is 5. The van der Waals surface area contributed by atoms with Gasteiger partial charge in [0.05, 0.1) is 6.61 Å². The molecule has 0 heterocycles. The second-order valence-electron chi connectivity index (χ2n) is 19.2. The van der Waals surface area contributed by atoms with E-state index in [1.165, 1.54) is 199 Å². The fraction of sp³-hybridized carbons (Fsp3) is 0.803. The zero-order valence-corrected chi connectivity index (χ0v) is 44.2. The average Bonchev–Trinajstić information content (AvgIpc) is 3.32. The molecule has 0 aliphatic rings. The number of rotatable bonds is 53. The first kappa shape index (κ1) is 63.6. The van der Waals surface area contributed by atoms with Crippen molar-refractivity contribution in [2.45, 2.75) is 297 Å². The standard InChI is InChI=1S/C61H110O5/c1-4-7-10-13-16-19-22-25-28-30-31-32-34-36-39-42-45-48-51-54-60(62)65-58-59(57-64-56-53-50-47-44-41-38-35-29-26-23-20-17-14-11-8-5-2)66-61(63)55-52-49-46-43-40-37-33-27-24-21-18-15-12-9-6-3/h16,19,25,28,31-32,36,39,45,48,59H,4-15,17-18,20-24,26-27,29-30,33-35,37-38,40-44,46-47,49-58H2,1-3H3/b19-16-,28-25-,32-31-,39-36-,48-45-/t59-/m1/s1. The average molecular weight is 924 g/mol. The number of esters is 2. The molecule has 0 spiro atoms. The van der Waals surface area contributed by atoms with Crippen molar-refractivity contribution in [3.63, 3.8) is 0 Å². The molecule has 0 amide bonds. The summed E-state index contributed by atoms with van der Waals surface area (Å²) in [6.45, 7) is 7.77. The maximum Gasteiger partial charge on any atom is 0.306 e. The lowest BCUT2D eigenvalue weighted by molar-refractivity contribution is -0.162. The van der Waals surface area contributed by atoms with Crippen molar-refractivity contribution in [1.29, 1.82) is 0 Å². The molecule has 66 heavy (non-hydrogen) atoms. The van der Waals surface area contributed by atoms with Gasteiger partial charge in [0, 0.05) is 19.4 Å². The summed E-state index contributed by atoms with van der Waals surface area (Å²) in [5.74, 6) is -0.477. The van der Waals surface area contributed by atoms with Crippen molar-refractivity contribution in [3.05, 3.63) is 60.8 Å². The highest BCUT2D eigenvalue weighted by atomic mass is 16.6. The smallest absolute Gasteiger partial charge is 0.306 e. The van der Waals surface area contributed by atoms with Gasteiger partial charge in [-0.2, -0.15) is 0 Å². The Morgan fingerprint density at radius 3 is 1.08 bits per heavy atom. The lowest BCUT2D eigenvalue weighted by atomic mass is 10.0. The first-order valence-electron chi connectivity index (χ1n) is 28.8. The third-order valence-electron chi connectivity index (χ3n) is 12.6. The second kappa shape index (κ2) is 56.9. The zero-order chi connectivity index (χ0) is 47.7. The van der Waals surface area contributed by atoms with E-state index in [0.29, 0.717) is 25.9 Å². The van der Waals surface area contributed by atoms with Crippen LogP contribution in [-0.2, 0) is 23.8 Å². The highest BCUT2D eigenvalue weighted by molar-refractivity contribution is 5.70. The molecule has 0 fully saturated rings. The van der Waals surface area contributed by atoms with Crippen LogP contribution in [0.15, 0.2) is 60.8 Å². The van der Waals surface area contributed by atoms with Gasteiger partial charge in [0.1, 0.15) is 6.61 Å². The van der Waals surface area contributed by atoms with E-state index in [2.05, 4.69) is 75.5 Å². The van der Waals surface area contributed by atoms with Gasteiger partial charge in [0.15, 0.2) is 6.10 Å². The summed E-state index contributed by atoms with van der Waals surface area (Å²) in [6.07, 6.45) is 72.5. The quantitative estimate of drug-likeness (QED) is 0.0346. The molecule has 0 saturated carbocycles. The second-order valence-corrected chi connectivity index (χ2v) is 19.2. The fourth-order valence-electron chi connectivity index (χ4n) is 8.26. The van der Waals surface area contributed by atoms with E-state index in [9.17, 15) is 9.59 Å². The lowest BCUT2D eigenvalue weighted by Gasteiger charge is -2.18. The summed E-state index contributed by atoms with van der Waals surface area (Å²) in [4.78, 5) is 25.5. The van der Waals surface area contributed by atoms with Crippen LogP contribution >= 0.6 is 0 Å². The molecular weight excluding hydrogens is 813 g/mol. The molecule has 5 heteroatoms. The minimum atomic E-state index is -0.563. The molecule has 0 saturated heterocycles. The number of carbonyl (C=O) groups is 2. The fourth-order valence-corrected chi connectivity index (χ4v) is 8.26. The van der Waals surface area contributed by atoms with Crippen LogP contribution in [0.1, 0.15) is 290 Å². The molecule has 0 rings (SSSR count). The SMILES string of the molecule is CCCCC/C=C\C/C=C\C/C=C\C/C=C\C/C=C\CCC(=O)OC[C@@H](COCCCCCCCCCCCCCCCCCC)OC(=O)CCCCCCCCCCCCCCCCC. The summed E-state index contributed by atoms with van der Waals surface area (Å²) < 4.78 is 17.4. The van der Waals surface area contributed by atoms with Gasteiger partial charge in [-0.15, -0.1) is 0 Å². The Kier molecular flexibility index (Phi) is 54.9. The van der Waals surface area contributed by atoms with Crippen molar-refractivity contribution >= 4 is 11.9 Å². The van der Waals surface area contributed by atoms with E-state index >= 15 is 0 Å². The van der Waals surface area contributed by atoms with Crippen LogP contribution in [0.3, 0.4) is 0 Å². The Labute approximate surface area is 411 Å². The monoisotopic (exact) mass is 923 g/mol. The minimum absolute atomic E-state index is 0.0499. The van der Waals surface area contributed by atoms with Gasteiger partial charge in [-0.1, -0.05) is 281 Å². The normalized spacial score (nSPS) is 12.6. The van der Waals surface area contributed by atoms with Gasteiger partial charge < -0.3 is 14.2 Å². The summed E-state index contributed by atoms with van der Waals surface area (Å²) in [6, 6.07) is 0. The molecule has 0 N–H and O–H groups in total. The highest BCUT2D eigenvalue weighted by Gasteiger charge is 2.17. The molecule has 1 atom stereocenters. The van der Waals surface area contributed by atoms with E-state index in [1.807, 2.05) is 6.08 Å². The van der Waals surface area contributed by atoms with Crippen LogP contribution in [0.5, 0.6) is 0 Å². The van der Waals surface area contributed by atoms with Crippen LogP contribution < -0.4 is 0 Å². The van der Waals surface area contributed by atoms with Crippen molar-refractivity contribution in [3.8, 4) is 0 Å². The molecule has 384 valence electrons. The summed E-state index contributed by atoms with van der Waals surface area (Å²) in [5, 5.41) is 0. The Balaban J connectivity index is 4.35. The topological polar surface area (TPSA) is 61.8 Å². The van der Waals surface area contributed by atoms with Gasteiger partial charge in [0.25, 0.3) is 0 Å². The molecule has 0 unspecified atom stereocenters. The number of carbonyl (C=O) groups excluding carboxylic acids is 2. The summed E-state index contributed by atoms with van der Waals surface area (Å²) >= 11 is 0. The van der Waals surface area contributed by atoms with Crippen LogP contribution in [-0.4, -0.2) is 37.9 Å². The maximum atomic E-state index is 12.8. The third kappa shape index (κ3) is 54.2. The first-order valence-corrected chi connectivity index (χ1v) is 28.8. The summed E-state index contributed by atoms with van der Waals surface area (Å²) in [5.41, 5.74) is 0. The van der Waals surface area contributed by atoms with Gasteiger partial charge in [-0.25, -0.2) is 0 Å². The molecule has 0 aromatic rings. The Morgan fingerprint density at radius 2 is 0.667 bits per heavy atom. The Morgan fingerprint density at radius 1 is 0.333 bits per heavy atom. The van der Waals surface area contributed by atoms with Gasteiger partial charge >= 0.3 is 11.9 Å². The first-order chi connectivity index (χ1) is 32.6. The number of ether oxygens (including phenoxy) is 3. The van der Waals surface area contributed by atoms with Gasteiger partial charge in [0.2, 0.25) is 0 Å². The molecule has 0 aromatic carbocycles. The van der Waals surface area contributed by atoms with Crippen molar-refractivity contribution in [1.82, 2.24) is 0 Å². The van der Waals surface area contributed by atoms with Crippen molar-refractivity contribution in [2.24, 2.45) is 0 Å². The molecule has 0 bridgehead atoms. The van der Waals surface area contributed by atoms with Crippen LogP contribution in [0.25, 0.3) is 0 Å². The largest absolute Gasteiger partial charge is 0.462 e. The van der Waals surface area contributed by atoms with Gasteiger partial charge in [-0.05, 0) is 57.8 Å². The Hall–Kier alpha value is -2.40. The van der Waals surface area contributed by atoms with E-state index in [0.717, 1.165) is 51.4 Å². The zero-order valence-electron chi connectivity index (χ0n) is 44.2. The summed E-state index contributed by atoms with van der Waals surface area (Å²) in [7, 11) is 0. The third-order valence-corrected chi connectivity index (χ3v) is 12.6. The Bertz CT molecular complexity index is 1130.